The van der Waals surface area contributed by atoms with Crippen LogP contribution >= 0.6 is 0 Å². The van der Waals surface area contributed by atoms with Crippen LogP contribution in [0.4, 0.5) is 5.69 Å². The highest BCUT2D eigenvalue weighted by Gasteiger charge is 2.26. The molecule has 0 bridgehead atoms. The predicted octanol–water partition coefficient (Wildman–Crippen LogP) is 1.50. The van der Waals surface area contributed by atoms with Crippen LogP contribution in [0.1, 0.15) is 36.5 Å². The Balaban J connectivity index is 2.06. The smallest absolute Gasteiger partial charge is 0.250 e. The molecule has 0 spiro atoms. The Kier molecular flexibility index (Phi) is 4.74. The lowest BCUT2D eigenvalue weighted by Crippen LogP contribution is -2.46. The van der Waals surface area contributed by atoms with Crippen LogP contribution in [0.2, 0.25) is 0 Å². The van der Waals surface area contributed by atoms with Gasteiger partial charge in [0.05, 0.1) is 17.3 Å². The second kappa shape index (κ2) is 6.52. The van der Waals surface area contributed by atoms with Gasteiger partial charge in [-0.2, -0.15) is 0 Å². The average molecular weight is 275 g/mol. The zero-order valence-electron chi connectivity index (χ0n) is 11.7. The Morgan fingerprint density at radius 2 is 2.15 bits per heavy atom. The maximum atomic E-state index is 12.3. The number of para-hydroxylation sites is 1. The Labute approximate surface area is 118 Å². The van der Waals surface area contributed by atoms with Crippen LogP contribution in [0.25, 0.3) is 0 Å². The van der Waals surface area contributed by atoms with Crippen molar-refractivity contribution >= 4 is 17.5 Å². The van der Waals surface area contributed by atoms with Gasteiger partial charge in [0.25, 0.3) is 5.91 Å². The number of hydrogen-bond acceptors (Lipinski definition) is 3. The quantitative estimate of drug-likeness (QED) is 0.778. The van der Waals surface area contributed by atoms with Crippen molar-refractivity contribution in [2.75, 3.05) is 11.9 Å². The van der Waals surface area contributed by atoms with Gasteiger partial charge in [0, 0.05) is 0 Å². The van der Waals surface area contributed by atoms with E-state index in [2.05, 4.69) is 17.6 Å². The van der Waals surface area contributed by atoms with Crippen molar-refractivity contribution in [2.24, 2.45) is 11.7 Å². The molecule has 4 N–H and O–H groups in total. The molecule has 2 rings (SSSR count). The highest BCUT2D eigenvalue weighted by atomic mass is 16.2. The third-order valence-electron chi connectivity index (χ3n) is 3.86. The summed E-state index contributed by atoms with van der Waals surface area (Å²) >= 11 is 0. The first-order valence-electron chi connectivity index (χ1n) is 7.05. The summed E-state index contributed by atoms with van der Waals surface area (Å²) in [7, 11) is 0. The van der Waals surface area contributed by atoms with Crippen LogP contribution in [-0.2, 0) is 4.79 Å². The van der Waals surface area contributed by atoms with E-state index in [9.17, 15) is 9.59 Å². The highest BCUT2D eigenvalue weighted by molar-refractivity contribution is 6.04. The molecular weight excluding hydrogens is 254 g/mol. The molecule has 20 heavy (non-hydrogen) atoms. The van der Waals surface area contributed by atoms with E-state index in [0.717, 1.165) is 25.8 Å². The van der Waals surface area contributed by atoms with Gasteiger partial charge in [0.1, 0.15) is 0 Å². The Morgan fingerprint density at radius 1 is 1.40 bits per heavy atom. The van der Waals surface area contributed by atoms with E-state index >= 15 is 0 Å². The van der Waals surface area contributed by atoms with Gasteiger partial charge in [-0.1, -0.05) is 25.5 Å². The van der Waals surface area contributed by atoms with Crippen molar-refractivity contribution in [3.05, 3.63) is 29.8 Å². The van der Waals surface area contributed by atoms with Crippen molar-refractivity contribution in [3.63, 3.8) is 0 Å². The maximum Gasteiger partial charge on any atom is 0.250 e. The fourth-order valence-corrected chi connectivity index (χ4v) is 2.59. The highest BCUT2D eigenvalue weighted by Crippen LogP contribution is 2.21. The second-order valence-electron chi connectivity index (χ2n) is 5.20. The van der Waals surface area contributed by atoms with Crippen molar-refractivity contribution in [1.82, 2.24) is 5.32 Å². The first-order valence-corrected chi connectivity index (χ1v) is 7.05. The van der Waals surface area contributed by atoms with Crippen molar-refractivity contribution in [1.29, 1.82) is 0 Å². The number of carbonyl (C=O) groups is 2. The van der Waals surface area contributed by atoms with Gasteiger partial charge in [0.2, 0.25) is 5.91 Å². The minimum atomic E-state index is -0.538. The molecule has 1 aliphatic heterocycles. The molecule has 1 aromatic rings. The fraction of sp³-hybridized carbons (Fsp3) is 0.467. The minimum absolute atomic E-state index is 0.100. The number of nitrogens with two attached hydrogens (primary N) is 1. The van der Waals surface area contributed by atoms with Gasteiger partial charge >= 0.3 is 0 Å². The number of anilines is 1. The molecule has 2 atom stereocenters. The molecule has 2 unspecified atom stereocenters. The molecule has 1 aromatic carbocycles. The fourth-order valence-electron chi connectivity index (χ4n) is 2.59. The summed E-state index contributed by atoms with van der Waals surface area (Å²) in [5, 5.41) is 6.03. The monoisotopic (exact) mass is 275 g/mol. The SMILES string of the molecule is CCC1CCNC(C(=O)Nc2ccccc2C(N)=O)C1. The molecule has 1 aliphatic rings. The van der Waals surface area contributed by atoms with Crippen molar-refractivity contribution in [2.45, 2.75) is 32.2 Å². The van der Waals surface area contributed by atoms with E-state index in [1.54, 1.807) is 24.3 Å². The van der Waals surface area contributed by atoms with Gasteiger partial charge < -0.3 is 16.4 Å². The summed E-state index contributed by atoms with van der Waals surface area (Å²) in [6.07, 6.45) is 3.03. The summed E-state index contributed by atoms with van der Waals surface area (Å²) in [6, 6.07) is 6.60. The molecule has 108 valence electrons. The molecule has 1 fully saturated rings. The minimum Gasteiger partial charge on any atom is -0.366 e. The molecule has 0 aliphatic carbocycles. The summed E-state index contributed by atoms with van der Waals surface area (Å²) < 4.78 is 0. The number of primary amides is 1. The molecule has 0 radical (unpaired) electrons. The molecule has 5 heteroatoms. The van der Waals surface area contributed by atoms with Crippen molar-refractivity contribution in [3.8, 4) is 0 Å². The topological polar surface area (TPSA) is 84.2 Å². The standard InChI is InChI=1S/C15H21N3O2/c1-2-10-7-8-17-13(9-10)15(20)18-12-6-4-3-5-11(12)14(16)19/h3-6,10,13,17H,2,7-9H2,1H3,(H2,16,19)(H,18,20). The molecule has 5 nitrogen and oxygen atoms in total. The Bertz CT molecular complexity index is 502. The summed E-state index contributed by atoms with van der Waals surface area (Å²) in [5.41, 5.74) is 6.12. The molecule has 0 aromatic heterocycles. The maximum absolute atomic E-state index is 12.3. The number of carbonyl (C=O) groups excluding carboxylic acids is 2. The van der Waals surface area contributed by atoms with E-state index < -0.39 is 5.91 Å². The normalized spacial score (nSPS) is 22.2. The lowest BCUT2D eigenvalue weighted by molar-refractivity contribution is -0.119. The molecular formula is C15H21N3O2. The number of piperidine rings is 1. The zero-order chi connectivity index (χ0) is 14.5. The molecule has 1 heterocycles. The second-order valence-corrected chi connectivity index (χ2v) is 5.20. The number of benzene rings is 1. The van der Waals surface area contributed by atoms with Crippen LogP contribution in [0, 0.1) is 5.92 Å². The van der Waals surface area contributed by atoms with Gasteiger partial charge in [0.15, 0.2) is 0 Å². The van der Waals surface area contributed by atoms with Gasteiger partial charge in [-0.3, -0.25) is 9.59 Å². The molecule has 1 saturated heterocycles. The van der Waals surface area contributed by atoms with Crippen LogP contribution in [0.15, 0.2) is 24.3 Å². The molecule has 2 amide bonds. The number of nitrogens with one attached hydrogen (secondary N) is 2. The number of rotatable bonds is 4. The number of hydrogen-bond donors (Lipinski definition) is 3. The van der Waals surface area contributed by atoms with Gasteiger partial charge in [-0.15, -0.1) is 0 Å². The first-order chi connectivity index (χ1) is 9.61. The van der Waals surface area contributed by atoms with E-state index in [4.69, 9.17) is 5.73 Å². The summed E-state index contributed by atoms with van der Waals surface area (Å²) in [5.74, 6) is -0.0563. The Morgan fingerprint density at radius 3 is 2.85 bits per heavy atom. The van der Waals surface area contributed by atoms with Crippen LogP contribution in [0.3, 0.4) is 0 Å². The average Bonchev–Trinajstić information content (AvgIpc) is 2.47. The third kappa shape index (κ3) is 3.36. The van der Waals surface area contributed by atoms with E-state index in [-0.39, 0.29) is 11.9 Å². The summed E-state index contributed by atoms with van der Waals surface area (Å²) in [6.45, 7) is 3.00. The Hall–Kier alpha value is -1.88. The van der Waals surface area contributed by atoms with E-state index in [0.29, 0.717) is 17.2 Å². The van der Waals surface area contributed by atoms with Crippen molar-refractivity contribution < 1.29 is 9.59 Å². The van der Waals surface area contributed by atoms with Crippen LogP contribution in [0.5, 0.6) is 0 Å². The van der Waals surface area contributed by atoms with E-state index in [1.807, 2.05) is 0 Å². The van der Waals surface area contributed by atoms with Crippen LogP contribution in [-0.4, -0.2) is 24.4 Å². The lowest BCUT2D eigenvalue weighted by Gasteiger charge is -2.29. The zero-order valence-corrected chi connectivity index (χ0v) is 11.7. The van der Waals surface area contributed by atoms with Gasteiger partial charge in [-0.25, -0.2) is 0 Å². The summed E-state index contributed by atoms with van der Waals surface area (Å²) in [4.78, 5) is 23.6. The van der Waals surface area contributed by atoms with E-state index in [1.165, 1.54) is 0 Å². The van der Waals surface area contributed by atoms with Gasteiger partial charge in [-0.05, 0) is 37.4 Å². The molecule has 0 saturated carbocycles. The lowest BCUT2D eigenvalue weighted by atomic mass is 9.90. The third-order valence-corrected chi connectivity index (χ3v) is 3.86. The van der Waals surface area contributed by atoms with Crippen LogP contribution < -0.4 is 16.4 Å². The number of amides is 2. The first kappa shape index (κ1) is 14.5. The largest absolute Gasteiger partial charge is 0.366 e. The predicted molar refractivity (Wildman–Crippen MR) is 78.4 cm³/mol.